The lowest BCUT2D eigenvalue weighted by atomic mass is 10.1. The van der Waals surface area contributed by atoms with Gasteiger partial charge in [0.05, 0.1) is 18.8 Å². The average Bonchev–Trinajstić information content (AvgIpc) is 2.54. The van der Waals surface area contributed by atoms with E-state index >= 15 is 0 Å². The molecule has 120 valence electrons. The Balaban J connectivity index is 1.70. The summed E-state index contributed by atoms with van der Waals surface area (Å²) in [5.74, 6) is 0.0398. The van der Waals surface area contributed by atoms with Gasteiger partial charge in [0.15, 0.2) is 0 Å². The normalized spacial score (nSPS) is 21.5. The Hall–Kier alpha value is -1.88. The van der Waals surface area contributed by atoms with Crippen LogP contribution in [0.3, 0.4) is 0 Å². The molecule has 2 unspecified atom stereocenters. The van der Waals surface area contributed by atoms with E-state index < -0.39 is 0 Å². The third-order valence-electron chi connectivity index (χ3n) is 3.82. The van der Waals surface area contributed by atoms with Gasteiger partial charge in [-0.3, -0.25) is 9.59 Å². The molecular weight excluding hydrogens is 280 g/mol. The van der Waals surface area contributed by atoms with Crippen LogP contribution in [0.4, 0.5) is 0 Å². The molecule has 1 fully saturated rings. The zero-order chi connectivity index (χ0) is 15.9. The first kappa shape index (κ1) is 16.5. The molecule has 0 bridgehead atoms. The van der Waals surface area contributed by atoms with E-state index in [1.54, 1.807) is 12.1 Å². The van der Waals surface area contributed by atoms with Crippen molar-refractivity contribution in [3.8, 4) is 0 Å². The number of hydrogen-bond acceptors (Lipinski definition) is 3. The summed E-state index contributed by atoms with van der Waals surface area (Å²) >= 11 is 0. The predicted octanol–water partition coefficient (Wildman–Crippen LogP) is 1.83. The molecule has 1 aromatic rings. The van der Waals surface area contributed by atoms with Crippen LogP contribution >= 0.6 is 0 Å². The molecule has 5 nitrogen and oxygen atoms in total. The molecule has 0 saturated carbocycles. The Bertz CT molecular complexity index is 504. The summed E-state index contributed by atoms with van der Waals surface area (Å²) in [7, 11) is 0. The molecule has 2 amide bonds. The number of morpholine rings is 1. The molecule has 1 heterocycles. The van der Waals surface area contributed by atoms with Gasteiger partial charge in [-0.1, -0.05) is 18.2 Å². The van der Waals surface area contributed by atoms with E-state index in [0.717, 1.165) is 0 Å². The van der Waals surface area contributed by atoms with Gasteiger partial charge >= 0.3 is 0 Å². The molecule has 1 aliphatic rings. The fraction of sp³-hybridized carbons (Fsp3) is 0.529. The summed E-state index contributed by atoms with van der Waals surface area (Å²) in [5.41, 5.74) is 0.643. The summed E-state index contributed by atoms with van der Waals surface area (Å²) in [6.07, 6.45) is 1.19. The number of ether oxygens (including phenoxy) is 1. The zero-order valence-electron chi connectivity index (χ0n) is 13.2. The van der Waals surface area contributed by atoms with E-state index in [1.165, 1.54) is 0 Å². The van der Waals surface area contributed by atoms with Gasteiger partial charge in [-0.15, -0.1) is 0 Å². The second kappa shape index (κ2) is 7.94. The molecule has 22 heavy (non-hydrogen) atoms. The third kappa shape index (κ3) is 4.56. The first-order valence-corrected chi connectivity index (χ1v) is 7.82. The monoisotopic (exact) mass is 304 g/mol. The third-order valence-corrected chi connectivity index (χ3v) is 3.82. The van der Waals surface area contributed by atoms with Gasteiger partial charge in [0.2, 0.25) is 5.91 Å². The van der Waals surface area contributed by atoms with Gasteiger partial charge in [-0.05, 0) is 32.4 Å². The number of rotatable bonds is 5. The summed E-state index contributed by atoms with van der Waals surface area (Å²) in [6, 6.07) is 9.22. The van der Waals surface area contributed by atoms with E-state index in [4.69, 9.17) is 4.74 Å². The molecule has 2 rings (SSSR count). The van der Waals surface area contributed by atoms with Gasteiger partial charge < -0.3 is 15.0 Å². The predicted molar refractivity (Wildman–Crippen MR) is 84.6 cm³/mol. The van der Waals surface area contributed by atoms with Crippen molar-refractivity contribution in [3.05, 3.63) is 35.9 Å². The van der Waals surface area contributed by atoms with Crippen LogP contribution in [0.25, 0.3) is 0 Å². The highest BCUT2D eigenvalue weighted by molar-refractivity contribution is 5.94. The first-order valence-electron chi connectivity index (χ1n) is 7.82. The van der Waals surface area contributed by atoms with Crippen LogP contribution in [0.5, 0.6) is 0 Å². The quantitative estimate of drug-likeness (QED) is 0.844. The molecule has 1 aliphatic heterocycles. The van der Waals surface area contributed by atoms with E-state index in [-0.39, 0.29) is 24.0 Å². The topological polar surface area (TPSA) is 58.6 Å². The smallest absolute Gasteiger partial charge is 0.251 e. The highest BCUT2D eigenvalue weighted by atomic mass is 16.5. The number of carbonyl (C=O) groups is 2. The minimum absolute atomic E-state index is 0.0953. The number of nitrogens with one attached hydrogen (secondary N) is 1. The molecule has 5 heteroatoms. The number of hydrogen-bond donors (Lipinski definition) is 1. The van der Waals surface area contributed by atoms with Crippen molar-refractivity contribution < 1.29 is 14.3 Å². The summed E-state index contributed by atoms with van der Waals surface area (Å²) < 4.78 is 5.53. The molecule has 0 aliphatic carbocycles. The van der Waals surface area contributed by atoms with Gasteiger partial charge in [-0.2, -0.15) is 0 Å². The molecule has 1 N–H and O–H groups in total. The fourth-order valence-corrected chi connectivity index (χ4v) is 2.53. The SMILES string of the molecule is CC1CN(C(=O)CCCNC(=O)c2ccccc2)C(C)CO1. The lowest BCUT2D eigenvalue weighted by molar-refractivity contribution is -0.143. The van der Waals surface area contributed by atoms with Crippen LogP contribution in [0.15, 0.2) is 30.3 Å². The lowest BCUT2D eigenvalue weighted by Gasteiger charge is -2.36. The van der Waals surface area contributed by atoms with Crippen LogP contribution in [0.1, 0.15) is 37.0 Å². The standard InChI is InChI=1S/C17H24N2O3/c1-13-12-22-14(2)11-19(13)16(20)9-6-10-18-17(21)15-7-4-3-5-8-15/h3-5,7-8,13-14H,6,9-12H2,1-2H3,(H,18,21). The van der Waals surface area contributed by atoms with E-state index in [1.807, 2.05) is 36.9 Å². The highest BCUT2D eigenvalue weighted by Crippen LogP contribution is 2.13. The minimum Gasteiger partial charge on any atom is -0.375 e. The van der Waals surface area contributed by atoms with Crippen LogP contribution in [0, 0.1) is 0 Å². The van der Waals surface area contributed by atoms with Gasteiger partial charge in [0.1, 0.15) is 0 Å². The first-order chi connectivity index (χ1) is 10.6. The maximum atomic E-state index is 12.2. The Kier molecular flexibility index (Phi) is 5.95. The maximum Gasteiger partial charge on any atom is 0.251 e. The number of carbonyl (C=O) groups excluding carboxylic acids is 2. The van der Waals surface area contributed by atoms with E-state index in [2.05, 4.69) is 5.32 Å². The number of nitrogens with zero attached hydrogens (tertiary/aromatic N) is 1. The van der Waals surface area contributed by atoms with Gasteiger partial charge in [-0.25, -0.2) is 0 Å². The van der Waals surface area contributed by atoms with E-state index in [9.17, 15) is 9.59 Å². The van der Waals surface area contributed by atoms with Crippen LogP contribution in [0.2, 0.25) is 0 Å². The molecule has 1 saturated heterocycles. The van der Waals surface area contributed by atoms with Gasteiger partial charge in [0, 0.05) is 25.1 Å². The molecular formula is C17H24N2O3. The number of benzene rings is 1. The van der Waals surface area contributed by atoms with E-state index in [0.29, 0.717) is 38.1 Å². The molecule has 0 aromatic heterocycles. The van der Waals surface area contributed by atoms with Crippen molar-refractivity contribution in [2.24, 2.45) is 0 Å². The zero-order valence-corrected chi connectivity index (χ0v) is 13.2. The second-order valence-corrected chi connectivity index (χ2v) is 5.76. The Morgan fingerprint density at radius 1 is 1.27 bits per heavy atom. The summed E-state index contributed by atoms with van der Waals surface area (Å²) in [5, 5.41) is 2.84. The van der Waals surface area contributed by atoms with Crippen molar-refractivity contribution >= 4 is 11.8 Å². The Morgan fingerprint density at radius 2 is 2.00 bits per heavy atom. The number of amides is 2. The Morgan fingerprint density at radius 3 is 2.73 bits per heavy atom. The van der Waals surface area contributed by atoms with Crippen LogP contribution < -0.4 is 5.32 Å². The summed E-state index contributed by atoms with van der Waals surface area (Å²) in [6.45, 7) is 5.73. The van der Waals surface area contributed by atoms with Crippen LogP contribution in [-0.4, -0.2) is 48.6 Å². The second-order valence-electron chi connectivity index (χ2n) is 5.76. The maximum absolute atomic E-state index is 12.2. The summed E-state index contributed by atoms with van der Waals surface area (Å²) in [4.78, 5) is 26.0. The molecule has 1 aromatic carbocycles. The van der Waals surface area contributed by atoms with Crippen molar-refractivity contribution in [1.29, 1.82) is 0 Å². The highest BCUT2D eigenvalue weighted by Gasteiger charge is 2.26. The largest absolute Gasteiger partial charge is 0.375 e. The average molecular weight is 304 g/mol. The van der Waals surface area contributed by atoms with Crippen LogP contribution in [-0.2, 0) is 9.53 Å². The molecule has 0 spiro atoms. The van der Waals surface area contributed by atoms with Crippen molar-refractivity contribution in [2.75, 3.05) is 19.7 Å². The molecule has 2 atom stereocenters. The van der Waals surface area contributed by atoms with Gasteiger partial charge in [0.25, 0.3) is 5.91 Å². The fourth-order valence-electron chi connectivity index (χ4n) is 2.53. The van der Waals surface area contributed by atoms with Crippen molar-refractivity contribution in [2.45, 2.75) is 38.8 Å². The molecule has 0 radical (unpaired) electrons. The van der Waals surface area contributed by atoms with Crippen molar-refractivity contribution in [1.82, 2.24) is 10.2 Å². The van der Waals surface area contributed by atoms with Crippen molar-refractivity contribution in [3.63, 3.8) is 0 Å². The Labute approximate surface area is 131 Å². The minimum atomic E-state index is -0.0959. The lowest BCUT2D eigenvalue weighted by Crippen LogP contribution is -2.50.